The normalized spacial score (nSPS) is 10.3. The van der Waals surface area contributed by atoms with Gasteiger partial charge in [0.2, 0.25) is 0 Å². The average molecular weight is 280 g/mol. The lowest BCUT2D eigenvalue weighted by Crippen LogP contribution is -2.17. The standard InChI is InChI=1S/C13H14ClN3S/c1-17(8-10-3-2-6-18-10)12-5-4-9(13(15)16)7-11(12)14/h2-7H,8H2,1H3,(H3,15,16). The summed E-state index contributed by atoms with van der Waals surface area (Å²) in [5.74, 6) is 0.0318. The monoisotopic (exact) mass is 279 g/mol. The zero-order chi connectivity index (χ0) is 13.1. The van der Waals surface area contributed by atoms with Gasteiger partial charge in [-0.1, -0.05) is 17.7 Å². The molecule has 0 saturated heterocycles. The number of benzene rings is 1. The van der Waals surface area contributed by atoms with E-state index in [1.54, 1.807) is 17.4 Å². The quantitative estimate of drug-likeness (QED) is 0.666. The van der Waals surface area contributed by atoms with Crippen molar-refractivity contribution in [2.24, 2.45) is 5.73 Å². The predicted molar refractivity (Wildman–Crippen MR) is 78.9 cm³/mol. The Kier molecular flexibility index (Phi) is 3.89. The molecule has 3 N–H and O–H groups in total. The van der Waals surface area contributed by atoms with Gasteiger partial charge in [-0.2, -0.15) is 0 Å². The van der Waals surface area contributed by atoms with E-state index in [4.69, 9.17) is 22.7 Å². The first-order chi connectivity index (χ1) is 8.58. The highest BCUT2D eigenvalue weighted by Gasteiger charge is 2.09. The van der Waals surface area contributed by atoms with Gasteiger partial charge in [0.1, 0.15) is 5.84 Å². The molecule has 2 aromatic rings. The van der Waals surface area contributed by atoms with Gasteiger partial charge in [0, 0.05) is 17.5 Å². The van der Waals surface area contributed by atoms with Gasteiger partial charge in [-0.15, -0.1) is 11.3 Å². The van der Waals surface area contributed by atoms with Crippen molar-refractivity contribution in [3.8, 4) is 0 Å². The van der Waals surface area contributed by atoms with Crippen molar-refractivity contribution in [3.05, 3.63) is 51.2 Å². The van der Waals surface area contributed by atoms with Crippen LogP contribution in [0.3, 0.4) is 0 Å². The molecule has 18 heavy (non-hydrogen) atoms. The molecule has 0 unspecified atom stereocenters. The lowest BCUT2D eigenvalue weighted by Gasteiger charge is -2.20. The maximum atomic E-state index is 7.38. The first-order valence-electron chi connectivity index (χ1n) is 5.45. The van der Waals surface area contributed by atoms with E-state index in [-0.39, 0.29) is 5.84 Å². The highest BCUT2D eigenvalue weighted by atomic mass is 35.5. The molecule has 94 valence electrons. The van der Waals surface area contributed by atoms with Crippen LogP contribution in [0.15, 0.2) is 35.7 Å². The van der Waals surface area contributed by atoms with Crippen LogP contribution in [0.25, 0.3) is 0 Å². The van der Waals surface area contributed by atoms with Crippen molar-refractivity contribution < 1.29 is 0 Å². The minimum absolute atomic E-state index is 0.0318. The molecule has 2 rings (SSSR count). The number of thiophene rings is 1. The molecule has 0 saturated carbocycles. The summed E-state index contributed by atoms with van der Waals surface area (Å²) in [6.07, 6.45) is 0. The van der Waals surface area contributed by atoms with E-state index in [0.717, 1.165) is 12.2 Å². The number of hydrogen-bond acceptors (Lipinski definition) is 3. The van der Waals surface area contributed by atoms with Gasteiger partial charge in [0.25, 0.3) is 0 Å². The van der Waals surface area contributed by atoms with E-state index in [2.05, 4.69) is 16.3 Å². The Bertz CT molecular complexity index is 551. The van der Waals surface area contributed by atoms with Gasteiger partial charge in [-0.25, -0.2) is 0 Å². The van der Waals surface area contributed by atoms with Crippen LogP contribution >= 0.6 is 22.9 Å². The highest BCUT2D eigenvalue weighted by molar-refractivity contribution is 7.09. The Balaban J connectivity index is 2.20. The van der Waals surface area contributed by atoms with Crippen molar-refractivity contribution in [1.82, 2.24) is 0 Å². The second-order valence-corrected chi connectivity index (χ2v) is 5.45. The van der Waals surface area contributed by atoms with E-state index in [0.29, 0.717) is 10.6 Å². The lowest BCUT2D eigenvalue weighted by molar-refractivity contribution is 0.940. The highest BCUT2D eigenvalue weighted by Crippen LogP contribution is 2.27. The molecule has 1 aromatic heterocycles. The SMILES string of the molecule is CN(Cc1cccs1)c1ccc(C(=N)N)cc1Cl. The number of hydrogen-bond donors (Lipinski definition) is 2. The van der Waals surface area contributed by atoms with Crippen molar-refractivity contribution in [3.63, 3.8) is 0 Å². The van der Waals surface area contributed by atoms with Crippen LogP contribution < -0.4 is 10.6 Å². The second-order valence-electron chi connectivity index (χ2n) is 4.02. The van der Waals surface area contributed by atoms with Crippen molar-refractivity contribution in [1.29, 1.82) is 5.41 Å². The molecule has 0 bridgehead atoms. The fourth-order valence-electron chi connectivity index (χ4n) is 1.71. The van der Waals surface area contributed by atoms with E-state index in [9.17, 15) is 0 Å². The Morgan fingerprint density at radius 3 is 2.78 bits per heavy atom. The Hall–Kier alpha value is -1.52. The Labute approximate surface area is 115 Å². The van der Waals surface area contributed by atoms with Gasteiger partial charge >= 0.3 is 0 Å². The molecule has 0 aliphatic carbocycles. The van der Waals surface area contributed by atoms with Crippen LogP contribution in [0.2, 0.25) is 5.02 Å². The molecule has 1 aromatic carbocycles. The first-order valence-corrected chi connectivity index (χ1v) is 6.71. The number of halogens is 1. The fourth-order valence-corrected chi connectivity index (χ4v) is 2.79. The number of nitrogen functional groups attached to an aromatic ring is 1. The number of anilines is 1. The second kappa shape index (κ2) is 5.42. The largest absolute Gasteiger partial charge is 0.384 e. The summed E-state index contributed by atoms with van der Waals surface area (Å²) in [5.41, 5.74) is 7.02. The molecule has 0 atom stereocenters. The van der Waals surface area contributed by atoms with Crippen LogP contribution in [-0.2, 0) is 6.54 Å². The molecule has 0 fully saturated rings. The first kappa shape index (κ1) is 12.9. The summed E-state index contributed by atoms with van der Waals surface area (Å²) in [4.78, 5) is 3.36. The van der Waals surface area contributed by atoms with E-state index >= 15 is 0 Å². The van der Waals surface area contributed by atoms with Crippen molar-refractivity contribution in [2.75, 3.05) is 11.9 Å². The molecular weight excluding hydrogens is 266 g/mol. The average Bonchev–Trinajstić information content (AvgIpc) is 2.81. The maximum absolute atomic E-state index is 7.38. The lowest BCUT2D eigenvalue weighted by atomic mass is 10.2. The summed E-state index contributed by atoms with van der Waals surface area (Å²) in [6, 6.07) is 9.57. The molecule has 1 heterocycles. The summed E-state index contributed by atoms with van der Waals surface area (Å²) in [7, 11) is 1.99. The van der Waals surface area contributed by atoms with Crippen molar-refractivity contribution in [2.45, 2.75) is 6.54 Å². The third-order valence-electron chi connectivity index (χ3n) is 2.64. The van der Waals surface area contributed by atoms with Gasteiger partial charge in [-0.3, -0.25) is 5.41 Å². The smallest absolute Gasteiger partial charge is 0.122 e. The van der Waals surface area contributed by atoms with Gasteiger partial charge < -0.3 is 10.6 Å². The molecule has 0 amide bonds. The third-order valence-corrected chi connectivity index (χ3v) is 3.81. The topological polar surface area (TPSA) is 53.1 Å². The number of amidine groups is 1. The molecular formula is C13H14ClN3S. The van der Waals surface area contributed by atoms with E-state index in [1.165, 1.54) is 4.88 Å². The Morgan fingerprint density at radius 1 is 1.44 bits per heavy atom. The molecule has 0 aliphatic heterocycles. The van der Waals surface area contributed by atoms with Crippen LogP contribution in [0.1, 0.15) is 10.4 Å². The molecule has 0 aliphatic rings. The summed E-state index contributed by atoms with van der Waals surface area (Å²) in [6.45, 7) is 0.816. The number of rotatable bonds is 4. The molecule has 5 heteroatoms. The van der Waals surface area contributed by atoms with E-state index in [1.807, 2.05) is 25.2 Å². The van der Waals surface area contributed by atoms with Crippen LogP contribution in [-0.4, -0.2) is 12.9 Å². The zero-order valence-corrected chi connectivity index (χ0v) is 11.6. The molecule has 0 spiro atoms. The summed E-state index contributed by atoms with van der Waals surface area (Å²) in [5, 5.41) is 10.0. The molecule has 0 radical (unpaired) electrons. The zero-order valence-electron chi connectivity index (χ0n) is 9.98. The predicted octanol–water partition coefficient (Wildman–Crippen LogP) is 3.32. The van der Waals surface area contributed by atoms with Crippen LogP contribution in [0, 0.1) is 5.41 Å². The van der Waals surface area contributed by atoms with Gasteiger partial charge in [-0.05, 0) is 29.6 Å². The summed E-state index contributed by atoms with van der Waals surface area (Å²) >= 11 is 7.94. The number of nitrogens with one attached hydrogen (secondary N) is 1. The number of nitrogens with two attached hydrogens (primary N) is 1. The number of nitrogens with zero attached hydrogens (tertiary/aromatic N) is 1. The molecule has 3 nitrogen and oxygen atoms in total. The minimum atomic E-state index is 0.0318. The van der Waals surface area contributed by atoms with Crippen LogP contribution in [0.4, 0.5) is 5.69 Å². The minimum Gasteiger partial charge on any atom is -0.384 e. The Morgan fingerprint density at radius 2 is 2.22 bits per heavy atom. The van der Waals surface area contributed by atoms with Gasteiger partial charge in [0.15, 0.2) is 0 Å². The third kappa shape index (κ3) is 2.83. The fraction of sp³-hybridized carbons (Fsp3) is 0.154. The maximum Gasteiger partial charge on any atom is 0.122 e. The van der Waals surface area contributed by atoms with E-state index < -0.39 is 0 Å². The summed E-state index contributed by atoms with van der Waals surface area (Å²) < 4.78 is 0. The van der Waals surface area contributed by atoms with Crippen molar-refractivity contribution >= 4 is 34.5 Å². The van der Waals surface area contributed by atoms with Gasteiger partial charge in [0.05, 0.1) is 17.3 Å². The van der Waals surface area contributed by atoms with Crippen LogP contribution in [0.5, 0.6) is 0 Å².